The van der Waals surface area contributed by atoms with Gasteiger partial charge >= 0.3 is 0 Å². The topological polar surface area (TPSA) is 89.3 Å². The monoisotopic (exact) mass is 372 g/mol. The molecule has 3 atom stereocenters. The highest BCUT2D eigenvalue weighted by Crippen LogP contribution is 2.34. The lowest BCUT2D eigenvalue weighted by atomic mass is 9.83. The molecule has 1 aromatic carbocycles. The maximum absolute atomic E-state index is 11.9. The van der Waals surface area contributed by atoms with Crippen LogP contribution in [0.3, 0.4) is 0 Å². The van der Waals surface area contributed by atoms with Gasteiger partial charge in [0.25, 0.3) is 0 Å². The number of aromatic nitrogens is 3. The molecule has 1 aromatic heterocycles. The third kappa shape index (κ3) is 4.54. The van der Waals surface area contributed by atoms with Crippen LogP contribution in [0.4, 0.5) is 0 Å². The molecule has 7 heteroatoms. The van der Waals surface area contributed by atoms with Crippen LogP contribution in [0, 0.1) is 0 Å². The molecule has 146 valence electrons. The first-order valence-corrected chi connectivity index (χ1v) is 9.47. The van der Waals surface area contributed by atoms with Gasteiger partial charge in [0, 0.05) is 24.6 Å². The predicted octanol–water partition coefficient (Wildman–Crippen LogP) is 2.29. The lowest BCUT2D eigenvalue weighted by Gasteiger charge is -2.33. The van der Waals surface area contributed by atoms with Gasteiger partial charge < -0.3 is 15.2 Å². The Morgan fingerprint density at radius 2 is 2.07 bits per heavy atom. The molecular formula is C20H28N4O3. The van der Waals surface area contributed by atoms with Crippen molar-refractivity contribution in [1.29, 1.82) is 0 Å². The van der Waals surface area contributed by atoms with E-state index in [4.69, 9.17) is 14.8 Å². The Morgan fingerprint density at radius 3 is 2.74 bits per heavy atom. The summed E-state index contributed by atoms with van der Waals surface area (Å²) in [6.07, 6.45) is 1.52. The number of methoxy groups -OCH3 is 1. The number of carbonyl (C=O) groups is 1. The van der Waals surface area contributed by atoms with Gasteiger partial charge in [-0.2, -0.15) is 5.10 Å². The minimum atomic E-state index is -0.550. The van der Waals surface area contributed by atoms with Crippen LogP contribution in [0.15, 0.2) is 30.3 Å². The summed E-state index contributed by atoms with van der Waals surface area (Å²) in [5.74, 6) is 1.55. The van der Waals surface area contributed by atoms with Crippen molar-refractivity contribution in [2.75, 3.05) is 13.7 Å². The van der Waals surface area contributed by atoms with Crippen molar-refractivity contribution in [3.8, 4) is 11.4 Å². The summed E-state index contributed by atoms with van der Waals surface area (Å²) >= 11 is 0. The highest BCUT2D eigenvalue weighted by Gasteiger charge is 2.34. The van der Waals surface area contributed by atoms with Gasteiger partial charge in [-0.1, -0.05) is 30.3 Å². The number of nitrogens with one attached hydrogen (secondary N) is 1. The Morgan fingerprint density at radius 1 is 1.33 bits per heavy atom. The molecule has 3 rings (SSSR count). The zero-order valence-electron chi connectivity index (χ0n) is 16.1. The normalized spacial score (nSPS) is 22.8. The molecule has 2 N–H and O–H groups in total. The molecule has 1 saturated carbocycles. The van der Waals surface area contributed by atoms with Crippen molar-refractivity contribution in [2.45, 2.75) is 57.2 Å². The molecule has 0 saturated heterocycles. The summed E-state index contributed by atoms with van der Waals surface area (Å²) in [5, 5.41) is 17.9. The number of benzene rings is 1. The van der Waals surface area contributed by atoms with Crippen LogP contribution in [0.1, 0.15) is 50.9 Å². The second-order valence-corrected chi connectivity index (χ2v) is 7.38. The maximum atomic E-state index is 11.9. The van der Waals surface area contributed by atoms with E-state index in [0.717, 1.165) is 17.8 Å². The Bertz CT molecular complexity index is 760. The maximum Gasteiger partial charge on any atom is 0.246 e. The summed E-state index contributed by atoms with van der Waals surface area (Å²) in [6, 6.07) is 9.80. The first kappa shape index (κ1) is 19.5. The molecule has 1 amide bonds. The van der Waals surface area contributed by atoms with Gasteiger partial charge in [-0.05, 0) is 33.1 Å². The van der Waals surface area contributed by atoms with E-state index in [9.17, 15) is 9.90 Å². The molecule has 0 spiro atoms. The fraction of sp³-hybridized carbons (Fsp3) is 0.550. The molecule has 0 radical (unpaired) electrons. The van der Waals surface area contributed by atoms with Crippen molar-refractivity contribution in [3.05, 3.63) is 36.2 Å². The van der Waals surface area contributed by atoms with Gasteiger partial charge in [0.2, 0.25) is 5.91 Å². The van der Waals surface area contributed by atoms with Gasteiger partial charge in [-0.3, -0.25) is 4.79 Å². The van der Waals surface area contributed by atoms with E-state index in [1.807, 2.05) is 35.0 Å². The summed E-state index contributed by atoms with van der Waals surface area (Å²) in [4.78, 5) is 16.7. The smallest absolute Gasteiger partial charge is 0.246 e. The number of aliphatic hydroxyl groups is 1. The van der Waals surface area contributed by atoms with Crippen LogP contribution >= 0.6 is 0 Å². The van der Waals surface area contributed by atoms with E-state index in [-0.39, 0.29) is 30.5 Å². The highest BCUT2D eigenvalue weighted by atomic mass is 16.5. The highest BCUT2D eigenvalue weighted by molar-refractivity contribution is 5.77. The fourth-order valence-corrected chi connectivity index (χ4v) is 3.63. The SMILES string of the molecule is COCC(=O)N[C@@H]1C[C@@H](c2nc(-c3ccccc3)nn2C(C)C)CC[C@H]1O. The lowest BCUT2D eigenvalue weighted by Crippen LogP contribution is -2.48. The van der Waals surface area contributed by atoms with Gasteiger partial charge in [0.15, 0.2) is 5.82 Å². The summed E-state index contributed by atoms with van der Waals surface area (Å²) in [6.45, 7) is 4.17. The number of rotatable bonds is 6. The van der Waals surface area contributed by atoms with Gasteiger partial charge in [-0.15, -0.1) is 0 Å². The van der Waals surface area contributed by atoms with Gasteiger partial charge in [0.1, 0.15) is 12.4 Å². The van der Waals surface area contributed by atoms with Crippen LogP contribution in [0.5, 0.6) is 0 Å². The van der Waals surface area contributed by atoms with Crippen LogP contribution in [-0.2, 0) is 9.53 Å². The van der Waals surface area contributed by atoms with Gasteiger partial charge in [-0.25, -0.2) is 9.67 Å². The second kappa shape index (κ2) is 8.63. The van der Waals surface area contributed by atoms with Crippen molar-refractivity contribution in [1.82, 2.24) is 20.1 Å². The average Bonchev–Trinajstić information content (AvgIpc) is 3.10. The summed E-state index contributed by atoms with van der Waals surface area (Å²) in [5.41, 5.74) is 0.985. The standard InChI is InChI=1S/C20H28N4O3/c1-13(2)24-20(22-19(23-24)14-7-5-4-6-8-14)15-9-10-17(25)16(11-15)21-18(26)12-27-3/h4-8,13,15-17,25H,9-12H2,1-3H3,(H,21,26)/t15-,16+,17+/m0/s1. The molecule has 1 heterocycles. The minimum absolute atomic E-state index is 0.00574. The number of nitrogens with zero attached hydrogens (tertiary/aromatic N) is 3. The van der Waals surface area contributed by atoms with Crippen molar-refractivity contribution in [2.24, 2.45) is 0 Å². The lowest BCUT2D eigenvalue weighted by molar-refractivity contribution is -0.126. The van der Waals surface area contributed by atoms with E-state index in [2.05, 4.69) is 19.2 Å². The molecular weight excluding hydrogens is 344 g/mol. The van der Waals surface area contributed by atoms with Crippen molar-refractivity contribution in [3.63, 3.8) is 0 Å². The van der Waals surface area contributed by atoms with Crippen LogP contribution in [0.25, 0.3) is 11.4 Å². The van der Waals surface area contributed by atoms with E-state index in [1.165, 1.54) is 7.11 Å². The number of carbonyl (C=O) groups excluding carboxylic acids is 1. The van der Waals surface area contributed by atoms with E-state index >= 15 is 0 Å². The van der Waals surface area contributed by atoms with Crippen LogP contribution in [-0.4, -0.2) is 51.6 Å². The molecule has 7 nitrogen and oxygen atoms in total. The second-order valence-electron chi connectivity index (χ2n) is 7.38. The predicted molar refractivity (Wildman–Crippen MR) is 102 cm³/mol. The molecule has 0 aliphatic heterocycles. The van der Waals surface area contributed by atoms with Crippen molar-refractivity contribution < 1.29 is 14.6 Å². The van der Waals surface area contributed by atoms with Crippen LogP contribution < -0.4 is 5.32 Å². The number of ether oxygens (including phenoxy) is 1. The van der Waals surface area contributed by atoms with Crippen molar-refractivity contribution >= 4 is 5.91 Å². The van der Waals surface area contributed by atoms with Gasteiger partial charge in [0.05, 0.1) is 12.1 Å². The molecule has 0 unspecified atom stereocenters. The molecule has 2 aromatic rings. The fourth-order valence-electron chi connectivity index (χ4n) is 3.63. The zero-order valence-corrected chi connectivity index (χ0v) is 16.1. The van der Waals surface area contributed by atoms with E-state index in [0.29, 0.717) is 18.7 Å². The minimum Gasteiger partial charge on any atom is -0.391 e. The summed E-state index contributed by atoms with van der Waals surface area (Å²) < 4.78 is 6.85. The molecule has 0 bridgehead atoms. The number of aliphatic hydroxyl groups excluding tert-OH is 1. The zero-order chi connectivity index (χ0) is 19.4. The first-order valence-electron chi connectivity index (χ1n) is 9.47. The molecule has 1 fully saturated rings. The molecule has 1 aliphatic carbocycles. The van der Waals surface area contributed by atoms with E-state index in [1.54, 1.807) is 0 Å². The van der Waals surface area contributed by atoms with E-state index < -0.39 is 6.10 Å². The Kier molecular flexibility index (Phi) is 6.23. The third-order valence-corrected chi connectivity index (χ3v) is 4.98. The third-order valence-electron chi connectivity index (χ3n) is 4.98. The largest absolute Gasteiger partial charge is 0.391 e. The van der Waals surface area contributed by atoms with Crippen LogP contribution in [0.2, 0.25) is 0 Å². The number of amides is 1. The Hall–Kier alpha value is -2.25. The molecule has 27 heavy (non-hydrogen) atoms. The summed E-state index contributed by atoms with van der Waals surface area (Å²) in [7, 11) is 1.48. The quantitative estimate of drug-likeness (QED) is 0.812. The number of hydrogen-bond donors (Lipinski definition) is 2. The Labute approximate surface area is 159 Å². The average molecular weight is 372 g/mol. The Balaban J connectivity index is 1.84. The first-order chi connectivity index (χ1) is 13.0. The number of hydrogen-bond acceptors (Lipinski definition) is 5. The molecule has 1 aliphatic rings.